The number of halogens is 1. The Morgan fingerprint density at radius 3 is 2.67 bits per heavy atom. The quantitative estimate of drug-likeness (QED) is 0.786. The lowest BCUT2D eigenvalue weighted by atomic mass is 10.1. The number of amides is 1. The van der Waals surface area contributed by atoms with Gasteiger partial charge in [0, 0.05) is 11.6 Å². The number of piperidine rings is 1. The lowest BCUT2D eigenvalue weighted by Gasteiger charge is -2.23. The minimum absolute atomic E-state index is 0. The number of carbonyl (C=O) groups is 1. The molecule has 1 fully saturated rings. The van der Waals surface area contributed by atoms with Crippen molar-refractivity contribution in [1.82, 2.24) is 15.6 Å². The molecule has 0 saturated carbocycles. The van der Waals surface area contributed by atoms with Gasteiger partial charge in [-0.05, 0) is 43.5 Å². The average molecular weight is 308 g/mol. The van der Waals surface area contributed by atoms with Crippen molar-refractivity contribution in [3.8, 4) is 0 Å². The number of H-pyrrole nitrogens is 1. The van der Waals surface area contributed by atoms with Gasteiger partial charge in [-0.15, -0.1) is 12.4 Å². The maximum atomic E-state index is 12.2. The predicted molar refractivity (Wildman–Crippen MR) is 85.2 cm³/mol. The van der Waals surface area contributed by atoms with Gasteiger partial charge in [0.05, 0.1) is 0 Å². The number of aromatic nitrogens is 1. The minimum Gasteiger partial charge on any atom is -0.349 e. The lowest BCUT2D eigenvalue weighted by Crippen LogP contribution is -2.43. The van der Waals surface area contributed by atoms with Crippen LogP contribution in [-0.2, 0) is 0 Å². The molecule has 0 radical (unpaired) electrons. The van der Waals surface area contributed by atoms with Crippen LogP contribution in [0.4, 0.5) is 0 Å². The Labute approximate surface area is 128 Å². The van der Waals surface area contributed by atoms with Crippen molar-refractivity contribution in [2.24, 2.45) is 0 Å². The van der Waals surface area contributed by atoms with E-state index in [1.807, 2.05) is 24.3 Å². The standard InChI is InChI=1S/C15H17N3O2.ClH/c19-14(17-11-5-7-16-8-6-11)12-9-10-3-1-2-4-13(10)18-15(12)20;/h1-4,9,11,16H,5-8H2,(H,17,19)(H,18,20);1H. The fraction of sp³-hybridized carbons (Fsp3) is 0.333. The van der Waals surface area contributed by atoms with Gasteiger partial charge in [-0.25, -0.2) is 0 Å². The van der Waals surface area contributed by atoms with Crippen molar-refractivity contribution in [2.75, 3.05) is 13.1 Å². The summed E-state index contributed by atoms with van der Waals surface area (Å²) in [4.78, 5) is 27.0. The smallest absolute Gasteiger partial charge is 0.261 e. The zero-order valence-electron chi connectivity index (χ0n) is 11.5. The van der Waals surface area contributed by atoms with Crippen LogP contribution in [-0.4, -0.2) is 30.0 Å². The summed E-state index contributed by atoms with van der Waals surface area (Å²) in [6.07, 6.45) is 1.80. The number of carbonyl (C=O) groups excluding carboxylic acids is 1. The summed E-state index contributed by atoms with van der Waals surface area (Å²) in [5.74, 6) is -0.288. The predicted octanol–water partition coefficient (Wildman–Crippen LogP) is 1.43. The van der Waals surface area contributed by atoms with E-state index in [1.54, 1.807) is 6.07 Å². The van der Waals surface area contributed by atoms with Crippen LogP contribution >= 0.6 is 12.4 Å². The number of nitrogens with one attached hydrogen (secondary N) is 3. The second kappa shape index (κ2) is 6.74. The summed E-state index contributed by atoms with van der Waals surface area (Å²) >= 11 is 0. The highest BCUT2D eigenvalue weighted by atomic mass is 35.5. The number of pyridine rings is 1. The summed E-state index contributed by atoms with van der Waals surface area (Å²) in [6.45, 7) is 1.80. The van der Waals surface area contributed by atoms with Crippen molar-refractivity contribution in [2.45, 2.75) is 18.9 Å². The van der Waals surface area contributed by atoms with E-state index in [-0.39, 0.29) is 35.5 Å². The number of benzene rings is 1. The van der Waals surface area contributed by atoms with E-state index < -0.39 is 0 Å². The molecule has 1 saturated heterocycles. The van der Waals surface area contributed by atoms with E-state index in [4.69, 9.17) is 0 Å². The molecule has 5 nitrogen and oxygen atoms in total. The van der Waals surface area contributed by atoms with Crippen molar-refractivity contribution in [3.05, 3.63) is 46.2 Å². The molecule has 0 bridgehead atoms. The van der Waals surface area contributed by atoms with Crippen LogP contribution in [0.25, 0.3) is 10.9 Å². The molecule has 0 unspecified atom stereocenters. The molecule has 1 aliphatic heterocycles. The highest BCUT2D eigenvalue weighted by Crippen LogP contribution is 2.10. The molecule has 0 atom stereocenters. The van der Waals surface area contributed by atoms with Crippen molar-refractivity contribution in [3.63, 3.8) is 0 Å². The fourth-order valence-electron chi connectivity index (χ4n) is 2.55. The van der Waals surface area contributed by atoms with Gasteiger partial charge in [0.2, 0.25) is 0 Å². The van der Waals surface area contributed by atoms with Gasteiger partial charge in [0.1, 0.15) is 5.56 Å². The van der Waals surface area contributed by atoms with Gasteiger partial charge < -0.3 is 15.6 Å². The van der Waals surface area contributed by atoms with Crippen LogP contribution in [0.3, 0.4) is 0 Å². The van der Waals surface area contributed by atoms with Gasteiger partial charge in [-0.3, -0.25) is 9.59 Å². The number of fused-ring (bicyclic) bond motifs is 1. The Morgan fingerprint density at radius 2 is 1.90 bits per heavy atom. The molecule has 6 heteroatoms. The Kier molecular flexibility index (Phi) is 4.98. The van der Waals surface area contributed by atoms with E-state index >= 15 is 0 Å². The molecule has 1 aromatic carbocycles. The second-order valence-electron chi connectivity index (χ2n) is 5.10. The Balaban J connectivity index is 0.00000161. The first-order valence-corrected chi connectivity index (χ1v) is 6.88. The van der Waals surface area contributed by atoms with Crippen LogP contribution in [0.5, 0.6) is 0 Å². The third kappa shape index (κ3) is 3.43. The average Bonchev–Trinajstić information content (AvgIpc) is 2.47. The molecule has 2 aromatic rings. The first-order chi connectivity index (χ1) is 9.74. The minimum atomic E-state index is -0.338. The molecule has 21 heavy (non-hydrogen) atoms. The van der Waals surface area contributed by atoms with Crippen molar-refractivity contribution < 1.29 is 4.79 Å². The van der Waals surface area contributed by atoms with E-state index in [2.05, 4.69) is 15.6 Å². The summed E-state index contributed by atoms with van der Waals surface area (Å²) in [7, 11) is 0. The summed E-state index contributed by atoms with van der Waals surface area (Å²) in [6, 6.07) is 9.25. The molecule has 1 aliphatic rings. The number of hydrogen-bond donors (Lipinski definition) is 3. The van der Waals surface area contributed by atoms with E-state index in [0.717, 1.165) is 36.8 Å². The Bertz CT molecular complexity index is 693. The van der Waals surface area contributed by atoms with Gasteiger partial charge in [-0.2, -0.15) is 0 Å². The number of hydrogen-bond acceptors (Lipinski definition) is 3. The summed E-state index contributed by atoms with van der Waals surface area (Å²) < 4.78 is 0. The third-order valence-electron chi connectivity index (χ3n) is 3.67. The van der Waals surface area contributed by atoms with Gasteiger partial charge in [0.15, 0.2) is 0 Å². The number of aromatic amines is 1. The number of para-hydroxylation sites is 1. The molecule has 1 amide bonds. The molecule has 0 aliphatic carbocycles. The van der Waals surface area contributed by atoms with Crippen molar-refractivity contribution >= 4 is 29.2 Å². The molecule has 112 valence electrons. The van der Waals surface area contributed by atoms with Crippen LogP contribution < -0.4 is 16.2 Å². The summed E-state index contributed by atoms with van der Waals surface area (Å²) in [5, 5.41) is 7.05. The maximum absolute atomic E-state index is 12.2. The van der Waals surface area contributed by atoms with E-state index in [1.165, 1.54) is 0 Å². The maximum Gasteiger partial charge on any atom is 0.261 e. The van der Waals surface area contributed by atoms with Crippen LogP contribution in [0.1, 0.15) is 23.2 Å². The third-order valence-corrected chi connectivity index (χ3v) is 3.67. The molecular formula is C15H18ClN3O2. The normalized spacial score (nSPS) is 15.4. The fourth-order valence-corrected chi connectivity index (χ4v) is 2.55. The van der Waals surface area contributed by atoms with Crippen LogP contribution in [0, 0.1) is 0 Å². The first kappa shape index (κ1) is 15.5. The molecule has 0 spiro atoms. The topological polar surface area (TPSA) is 74.0 Å². The zero-order valence-corrected chi connectivity index (χ0v) is 12.3. The van der Waals surface area contributed by atoms with Crippen LogP contribution in [0.15, 0.2) is 35.1 Å². The van der Waals surface area contributed by atoms with Gasteiger partial charge in [-0.1, -0.05) is 18.2 Å². The summed E-state index contributed by atoms with van der Waals surface area (Å²) in [5.41, 5.74) is 0.591. The number of rotatable bonds is 2. The zero-order chi connectivity index (χ0) is 13.9. The molecule has 2 heterocycles. The SMILES string of the molecule is Cl.O=C(NC1CCNCC1)c1cc2ccccc2[nH]c1=O. The second-order valence-corrected chi connectivity index (χ2v) is 5.10. The van der Waals surface area contributed by atoms with Crippen molar-refractivity contribution in [1.29, 1.82) is 0 Å². The molecule has 3 N–H and O–H groups in total. The monoisotopic (exact) mass is 307 g/mol. The molecular weight excluding hydrogens is 290 g/mol. The van der Waals surface area contributed by atoms with Crippen LogP contribution in [0.2, 0.25) is 0 Å². The molecule has 3 rings (SSSR count). The highest BCUT2D eigenvalue weighted by Gasteiger charge is 2.18. The Morgan fingerprint density at radius 1 is 1.19 bits per heavy atom. The Hall–Kier alpha value is -1.85. The highest BCUT2D eigenvalue weighted by molar-refractivity contribution is 5.97. The largest absolute Gasteiger partial charge is 0.349 e. The lowest BCUT2D eigenvalue weighted by molar-refractivity contribution is 0.0928. The first-order valence-electron chi connectivity index (χ1n) is 6.88. The van der Waals surface area contributed by atoms with E-state index in [0.29, 0.717) is 0 Å². The van der Waals surface area contributed by atoms with Gasteiger partial charge >= 0.3 is 0 Å². The molecule has 1 aromatic heterocycles. The van der Waals surface area contributed by atoms with E-state index in [9.17, 15) is 9.59 Å². The van der Waals surface area contributed by atoms with Gasteiger partial charge in [0.25, 0.3) is 11.5 Å².